The smallest absolute Gasteiger partial charge is 0.350 e. The number of aliphatic hydroxyl groups is 1. The van der Waals surface area contributed by atoms with Crippen molar-refractivity contribution in [3.8, 4) is 0 Å². The lowest BCUT2D eigenvalue weighted by molar-refractivity contribution is 0.0607. The van der Waals surface area contributed by atoms with Crippen molar-refractivity contribution < 1.29 is 19.4 Å². The number of rotatable bonds is 4. The minimum absolute atomic E-state index is 0.133. The van der Waals surface area contributed by atoms with E-state index in [2.05, 4.69) is 5.32 Å². The van der Waals surface area contributed by atoms with Crippen molar-refractivity contribution in [2.24, 2.45) is 5.92 Å². The van der Waals surface area contributed by atoms with E-state index in [-0.39, 0.29) is 11.9 Å². The fraction of sp³-hybridized carbons (Fsp3) is 0.368. The number of esters is 1. The summed E-state index contributed by atoms with van der Waals surface area (Å²) in [4.78, 5) is 26.3. The topological polar surface area (TPSA) is 78.9 Å². The Morgan fingerprint density at radius 2 is 1.92 bits per heavy atom. The number of ether oxygens (including phenoxy) is 1. The van der Waals surface area contributed by atoms with Gasteiger partial charge in [-0.15, -0.1) is 11.3 Å². The Hall–Kier alpha value is -2.38. The minimum Gasteiger partial charge on any atom is -0.465 e. The zero-order chi connectivity index (χ0) is 18.5. The van der Waals surface area contributed by atoms with Crippen LogP contribution in [-0.4, -0.2) is 42.2 Å². The molecular formula is C19H22N2O4S. The summed E-state index contributed by atoms with van der Waals surface area (Å²) in [6, 6.07) is 11.1. The molecule has 1 saturated heterocycles. The van der Waals surface area contributed by atoms with Gasteiger partial charge in [-0.2, -0.15) is 0 Å². The van der Waals surface area contributed by atoms with Crippen molar-refractivity contribution in [3.05, 3.63) is 52.2 Å². The van der Waals surface area contributed by atoms with Crippen molar-refractivity contribution in [2.45, 2.75) is 18.9 Å². The molecule has 1 atom stereocenters. The summed E-state index contributed by atoms with van der Waals surface area (Å²) in [6.45, 7) is 1.14. The zero-order valence-corrected chi connectivity index (χ0v) is 15.4. The minimum atomic E-state index is -0.510. The fourth-order valence-corrected chi connectivity index (χ4v) is 3.96. The van der Waals surface area contributed by atoms with Gasteiger partial charge >= 0.3 is 12.0 Å². The van der Waals surface area contributed by atoms with Crippen molar-refractivity contribution in [1.82, 2.24) is 4.90 Å². The second kappa shape index (κ2) is 8.33. The Labute approximate surface area is 156 Å². The van der Waals surface area contributed by atoms with E-state index in [1.807, 2.05) is 30.3 Å². The first-order chi connectivity index (χ1) is 12.6. The Kier molecular flexibility index (Phi) is 5.90. The van der Waals surface area contributed by atoms with Crippen LogP contribution in [0.2, 0.25) is 0 Å². The third-order valence-corrected chi connectivity index (χ3v) is 5.59. The number of benzene rings is 1. The molecule has 1 aliphatic rings. The van der Waals surface area contributed by atoms with E-state index < -0.39 is 12.1 Å². The first kappa shape index (κ1) is 18.4. The van der Waals surface area contributed by atoms with Crippen molar-refractivity contribution >= 4 is 29.0 Å². The number of nitrogens with zero attached hydrogens (tertiary/aromatic N) is 1. The number of methoxy groups -OCH3 is 1. The summed E-state index contributed by atoms with van der Waals surface area (Å²) in [5, 5.41) is 15.1. The number of aliphatic hydroxyl groups excluding tert-OH is 1. The molecule has 0 radical (unpaired) electrons. The van der Waals surface area contributed by atoms with Gasteiger partial charge in [-0.3, -0.25) is 0 Å². The van der Waals surface area contributed by atoms with Crippen molar-refractivity contribution in [2.75, 3.05) is 25.5 Å². The van der Waals surface area contributed by atoms with Gasteiger partial charge in [0.1, 0.15) is 4.88 Å². The molecule has 0 unspecified atom stereocenters. The van der Waals surface area contributed by atoms with Crippen LogP contribution < -0.4 is 5.32 Å². The first-order valence-electron chi connectivity index (χ1n) is 8.55. The summed E-state index contributed by atoms with van der Waals surface area (Å²) in [7, 11) is 1.32. The second-order valence-corrected chi connectivity index (χ2v) is 7.18. The maximum Gasteiger partial charge on any atom is 0.350 e. The third kappa shape index (κ3) is 4.05. The monoisotopic (exact) mass is 374 g/mol. The molecule has 0 bridgehead atoms. The van der Waals surface area contributed by atoms with Gasteiger partial charge in [0.25, 0.3) is 0 Å². The summed E-state index contributed by atoms with van der Waals surface area (Å²) >= 11 is 1.23. The summed E-state index contributed by atoms with van der Waals surface area (Å²) < 4.78 is 4.72. The number of amides is 2. The number of hydrogen-bond donors (Lipinski definition) is 2. The molecule has 7 heteroatoms. The van der Waals surface area contributed by atoms with E-state index in [0.29, 0.717) is 23.7 Å². The number of likely N-dealkylation sites (tertiary alicyclic amines) is 1. The van der Waals surface area contributed by atoms with E-state index in [1.54, 1.807) is 16.3 Å². The van der Waals surface area contributed by atoms with Crippen LogP contribution in [0.4, 0.5) is 10.5 Å². The zero-order valence-electron chi connectivity index (χ0n) is 14.6. The highest BCUT2D eigenvalue weighted by Crippen LogP contribution is 2.31. The molecule has 0 spiro atoms. The molecule has 26 heavy (non-hydrogen) atoms. The number of anilines is 1. The Morgan fingerprint density at radius 1 is 1.23 bits per heavy atom. The molecule has 1 fully saturated rings. The standard InChI is InChI=1S/C19H22N2O4S/c1-25-18(23)17-15(9-12-26-17)20-19(24)21-10-7-14(8-11-21)16(22)13-5-3-2-4-6-13/h2-6,9,12,14,16,22H,7-8,10-11H2,1H3,(H,20,24)/t16-/m1/s1. The van der Waals surface area contributed by atoms with Gasteiger partial charge in [-0.05, 0) is 35.8 Å². The first-order valence-corrected chi connectivity index (χ1v) is 9.43. The Balaban J connectivity index is 1.56. The van der Waals surface area contributed by atoms with Crippen LogP contribution in [0.3, 0.4) is 0 Å². The van der Waals surface area contributed by atoms with Crippen LogP contribution >= 0.6 is 11.3 Å². The molecule has 2 amide bonds. The maximum atomic E-state index is 12.5. The van der Waals surface area contributed by atoms with E-state index >= 15 is 0 Å². The predicted octanol–water partition coefficient (Wildman–Crippen LogP) is 3.51. The number of thiophene rings is 1. The molecule has 3 rings (SSSR count). The van der Waals surface area contributed by atoms with E-state index in [4.69, 9.17) is 4.74 Å². The van der Waals surface area contributed by atoms with Crippen LogP contribution in [-0.2, 0) is 4.74 Å². The van der Waals surface area contributed by atoms with Crippen LogP contribution in [0, 0.1) is 5.92 Å². The van der Waals surface area contributed by atoms with Gasteiger partial charge < -0.3 is 20.1 Å². The quantitative estimate of drug-likeness (QED) is 0.803. The summed E-state index contributed by atoms with van der Waals surface area (Å²) in [6.07, 6.45) is 0.956. The largest absolute Gasteiger partial charge is 0.465 e. The van der Waals surface area contributed by atoms with Crippen LogP contribution in [0.5, 0.6) is 0 Å². The van der Waals surface area contributed by atoms with E-state index in [1.165, 1.54) is 18.4 Å². The molecule has 0 aliphatic carbocycles. The van der Waals surface area contributed by atoms with Gasteiger partial charge in [0.2, 0.25) is 0 Å². The van der Waals surface area contributed by atoms with Gasteiger partial charge in [-0.25, -0.2) is 9.59 Å². The lowest BCUT2D eigenvalue weighted by atomic mass is 9.87. The highest BCUT2D eigenvalue weighted by molar-refractivity contribution is 7.12. The number of piperidine rings is 1. The van der Waals surface area contributed by atoms with E-state index in [0.717, 1.165) is 18.4 Å². The second-order valence-electron chi connectivity index (χ2n) is 6.27. The fourth-order valence-electron chi connectivity index (χ4n) is 3.19. The number of carbonyl (C=O) groups excluding carboxylic acids is 2. The molecule has 2 N–H and O–H groups in total. The molecule has 1 aliphatic heterocycles. The van der Waals surface area contributed by atoms with Crippen molar-refractivity contribution in [1.29, 1.82) is 0 Å². The Morgan fingerprint density at radius 3 is 2.58 bits per heavy atom. The molecule has 6 nitrogen and oxygen atoms in total. The molecule has 2 aromatic rings. The van der Waals surface area contributed by atoms with Gasteiger partial charge in [-0.1, -0.05) is 30.3 Å². The number of carbonyl (C=O) groups is 2. The van der Waals surface area contributed by atoms with Crippen LogP contribution in [0.15, 0.2) is 41.8 Å². The van der Waals surface area contributed by atoms with Crippen LogP contribution in [0.25, 0.3) is 0 Å². The van der Waals surface area contributed by atoms with Gasteiger partial charge in [0.05, 0.1) is 18.9 Å². The van der Waals surface area contributed by atoms with Gasteiger partial charge in [0.15, 0.2) is 0 Å². The lowest BCUT2D eigenvalue weighted by Gasteiger charge is -2.34. The Bertz CT molecular complexity index is 754. The molecule has 1 aromatic heterocycles. The van der Waals surface area contributed by atoms with Crippen molar-refractivity contribution in [3.63, 3.8) is 0 Å². The molecule has 1 aromatic carbocycles. The molecule has 0 saturated carbocycles. The molecule has 138 valence electrons. The van der Waals surface area contributed by atoms with Gasteiger partial charge in [0, 0.05) is 13.1 Å². The highest BCUT2D eigenvalue weighted by atomic mass is 32.1. The van der Waals surface area contributed by atoms with E-state index in [9.17, 15) is 14.7 Å². The SMILES string of the molecule is COC(=O)c1sccc1NC(=O)N1CCC([C@H](O)c2ccccc2)CC1. The summed E-state index contributed by atoms with van der Waals surface area (Å²) in [5.41, 5.74) is 1.38. The normalized spacial score (nSPS) is 16.2. The maximum absolute atomic E-state index is 12.5. The van der Waals surface area contributed by atoms with Crippen LogP contribution in [0.1, 0.15) is 34.2 Å². The number of urea groups is 1. The highest BCUT2D eigenvalue weighted by Gasteiger charge is 2.28. The molecular weight excluding hydrogens is 352 g/mol. The average Bonchev–Trinajstić information content (AvgIpc) is 3.15. The number of nitrogens with one attached hydrogen (secondary N) is 1. The predicted molar refractivity (Wildman–Crippen MR) is 100 cm³/mol. The third-order valence-electron chi connectivity index (χ3n) is 4.69. The number of hydrogen-bond acceptors (Lipinski definition) is 5. The summed E-state index contributed by atoms with van der Waals surface area (Å²) in [5.74, 6) is -0.326. The average molecular weight is 374 g/mol. The molecule has 2 heterocycles. The lowest BCUT2D eigenvalue weighted by Crippen LogP contribution is -2.42.